The highest BCUT2D eigenvalue weighted by Gasteiger charge is 2.26. The first kappa shape index (κ1) is 15.4. The predicted octanol–water partition coefficient (Wildman–Crippen LogP) is 0.413. The fourth-order valence-corrected chi connectivity index (χ4v) is 3.57. The van der Waals surface area contributed by atoms with Crippen LogP contribution in [0, 0.1) is 17.1 Å². The highest BCUT2D eigenvalue weighted by atomic mass is 32.2. The zero-order chi connectivity index (χ0) is 15.5. The third-order valence-electron chi connectivity index (χ3n) is 3.10. The van der Waals surface area contributed by atoms with E-state index in [9.17, 15) is 17.6 Å². The van der Waals surface area contributed by atoms with Gasteiger partial charge in [0, 0.05) is 24.7 Å². The van der Waals surface area contributed by atoms with Gasteiger partial charge in [-0.1, -0.05) is 0 Å². The quantitative estimate of drug-likeness (QED) is 0.842. The number of sulfone groups is 1. The van der Waals surface area contributed by atoms with E-state index in [-0.39, 0.29) is 29.4 Å². The molecule has 1 heterocycles. The molecule has 1 atom stereocenters. The maximum atomic E-state index is 13.2. The molecule has 1 aromatic rings. The molecule has 1 unspecified atom stereocenters. The van der Waals surface area contributed by atoms with Crippen LogP contribution < -0.4 is 10.6 Å². The van der Waals surface area contributed by atoms with Gasteiger partial charge in [0.05, 0.1) is 17.1 Å². The number of carbonyl (C=O) groups is 1. The van der Waals surface area contributed by atoms with E-state index < -0.39 is 21.7 Å². The van der Waals surface area contributed by atoms with Crippen molar-refractivity contribution in [1.29, 1.82) is 5.26 Å². The lowest BCUT2D eigenvalue weighted by Crippen LogP contribution is -2.46. The minimum absolute atomic E-state index is 0.00149. The molecule has 2 rings (SSSR count). The van der Waals surface area contributed by atoms with Gasteiger partial charge in [0.15, 0.2) is 9.84 Å². The number of hydrogen-bond acceptors (Lipinski definition) is 5. The van der Waals surface area contributed by atoms with Crippen molar-refractivity contribution in [2.75, 3.05) is 23.4 Å². The average Bonchev–Trinajstić information content (AvgIpc) is 2.39. The van der Waals surface area contributed by atoms with Gasteiger partial charge in [-0.3, -0.25) is 4.79 Å². The molecule has 0 aromatic heterocycles. The van der Waals surface area contributed by atoms with Crippen LogP contribution in [0.1, 0.15) is 12.0 Å². The minimum atomic E-state index is -3.10. The summed E-state index contributed by atoms with van der Waals surface area (Å²) < 4.78 is 36.1. The Hall–Kier alpha value is -1.98. The first-order valence-corrected chi connectivity index (χ1v) is 8.15. The standard InChI is InChI=1S/C13H14FN3O3S/c14-12-2-1-10(5-9(12)7-15)17-13(18)6-11-8-21(19,20)4-3-16-11/h1-2,5,11,16H,3-4,6,8H2,(H,17,18). The second-order valence-electron chi connectivity index (χ2n) is 4.82. The summed E-state index contributed by atoms with van der Waals surface area (Å²) >= 11 is 0. The normalized spacial score (nSPS) is 20.5. The molecule has 0 bridgehead atoms. The van der Waals surface area contributed by atoms with Gasteiger partial charge in [0.25, 0.3) is 0 Å². The number of nitrogens with one attached hydrogen (secondary N) is 2. The van der Waals surface area contributed by atoms with Crippen molar-refractivity contribution in [3.05, 3.63) is 29.6 Å². The van der Waals surface area contributed by atoms with E-state index in [1.165, 1.54) is 12.1 Å². The van der Waals surface area contributed by atoms with Crippen molar-refractivity contribution in [1.82, 2.24) is 5.32 Å². The van der Waals surface area contributed by atoms with Crippen molar-refractivity contribution in [3.8, 4) is 6.07 Å². The van der Waals surface area contributed by atoms with E-state index >= 15 is 0 Å². The first-order chi connectivity index (χ1) is 9.89. The van der Waals surface area contributed by atoms with Crippen LogP contribution in [0.15, 0.2) is 18.2 Å². The van der Waals surface area contributed by atoms with Gasteiger partial charge in [-0.15, -0.1) is 0 Å². The molecule has 6 nitrogen and oxygen atoms in total. The molecule has 1 aromatic carbocycles. The monoisotopic (exact) mass is 311 g/mol. The van der Waals surface area contributed by atoms with Gasteiger partial charge >= 0.3 is 0 Å². The van der Waals surface area contributed by atoms with Gasteiger partial charge in [0.2, 0.25) is 5.91 Å². The lowest BCUT2D eigenvalue weighted by molar-refractivity contribution is -0.116. The Kier molecular flexibility index (Phi) is 4.55. The highest BCUT2D eigenvalue weighted by Crippen LogP contribution is 2.15. The highest BCUT2D eigenvalue weighted by molar-refractivity contribution is 7.91. The maximum absolute atomic E-state index is 13.2. The molecule has 0 spiro atoms. The van der Waals surface area contributed by atoms with Crippen LogP contribution in [-0.4, -0.2) is 38.4 Å². The van der Waals surface area contributed by atoms with Crippen LogP contribution in [0.25, 0.3) is 0 Å². The van der Waals surface area contributed by atoms with Crippen LogP contribution in [-0.2, 0) is 14.6 Å². The second kappa shape index (κ2) is 6.20. The number of rotatable bonds is 3. The molecule has 1 aliphatic heterocycles. The van der Waals surface area contributed by atoms with Crippen molar-refractivity contribution in [2.24, 2.45) is 0 Å². The molecule has 0 radical (unpaired) electrons. The topological polar surface area (TPSA) is 99.1 Å². The molecule has 2 N–H and O–H groups in total. The summed E-state index contributed by atoms with van der Waals surface area (Å²) in [5, 5.41) is 14.2. The lowest BCUT2D eigenvalue weighted by atomic mass is 10.2. The van der Waals surface area contributed by atoms with Crippen LogP contribution in [0.3, 0.4) is 0 Å². The maximum Gasteiger partial charge on any atom is 0.225 e. The Morgan fingerprint density at radius 3 is 2.95 bits per heavy atom. The van der Waals surface area contributed by atoms with Crippen molar-refractivity contribution in [3.63, 3.8) is 0 Å². The number of halogens is 1. The number of nitrogens with zero attached hydrogens (tertiary/aromatic N) is 1. The summed E-state index contributed by atoms with van der Waals surface area (Å²) in [6.45, 7) is 0.329. The van der Waals surface area contributed by atoms with E-state index in [4.69, 9.17) is 5.26 Å². The third-order valence-corrected chi connectivity index (χ3v) is 4.84. The number of hydrogen-bond donors (Lipinski definition) is 2. The van der Waals surface area contributed by atoms with Gasteiger partial charge < -0.3 is 10.6 Å². The molecular formula is C13H14FN3O3S. The molecule has 0 saturated carbocycles. The van der Waals surface area contributed by atoms with Gasteiger partial charge in [0.1, 0.15) is 11.9 Å². The fraction of sp³-hybridized carbons (Fsp3) is 0.385. The summed E-state index contributed by atoms with van der Waals surface area (Å²) in [6.07, 6.45) is -0.00149. The average molecular weight is 311 g/mol. The molecule has 1 amide bonds. The second-order valence-corrected chi connectivity index (χ2v) is 7.05. The van der Waals surface area contributed by atoms with Crippen LogP contribution in [0.5, 0.6) is 0 Å². The molecular weight excluding hydrogens is 297 g/mol. The number of carbonyl (C=O) groups excluding carboxylic acids is 1. The van der Waals surface area contributed by atoms with E-state index in [2.05, 4.69) is 10.6 Å². The van der Waals surface area contributed by atoms with Gasteiger partial charge in [-0.25, -0.2) is 12.8 Å². The van der Waals surface area contributed by atoms with E-state index in [1.807, 2.05) is 0 Å². The molecule has 21 heavy (non-hydrogen) atoms. The molecule has 112 valence electrons. The zero-order valence-corrected chi connectivity index (χ0v) is 11.9. The number of anilines is 1. The van der Waals surface area contributed by atoms with Crippen molar-refractivity contribution < 1.29 is 17.6 Å². The van der Waals surface area contributed by atoms with Crippen LogP contribution in [0.4, 0.5) is 10.1 Å². The Bertz CT molecular complexity index is 697. The molecule has 1 saturated heterocycles. The Morgan fingerprint density at radius 1 is 1.52 bits per heavy atom. The first-order valence-electron chi connectivity index (χ1n) is 6.33. The van der Waals surface area contributed by atoms with Gasteiger partial charge in [-0.2, -0.15) is 5.26 Å². The van der Waals surface area contributed by atoms with Crippen molar-refractivity contribution >= 4 is 21.4 Å². The largest absolute Gasteiger partial charge is 0.326 e. The van der Waals surface area contributed by atoms with Crippen LogP contribution in [0.2, 0.25) is 0 Å². The smallest absolute Gasteiger partial charge is 0.225 e. The summed E-state index contributed by atoms with van der Waals surface area (Å²) in [4.78, 5) is 11.9. The number of benzene rings is 1. The zero-order valence-electron chi connectivity index (χ0n) is 11.1. The van der Waals surface area contributed by atoms with E-state index in [0.717, 1.165) is 6.07 Å². The van der Waals surface area contributed by atoms with Gasteiger partial charge in [-0.05, 0) is 18.2 Å². The SMILES string of the molecule is N#Cc1cc(NC(=O)CC2CS(=O)(=O)CCN2)ccc1F. The molecule has 1 aliphatic rings. The molecule has 1 fully saturated rings. The molecule has 8 heteroatoms. The summed E-state index contributed by atoms with van der Waals surface area (Å²) in [7, 11) is -3.10. The summed E-state index contributed by atoms with van der Waals surface area (Å²) in [5.74, 6) is -1.04. The lowest BCUT2D eigenvalue weighted by Gasteiger charge is -2.23. The number of nitriles is 1. The summed E-state index contributed by atoms with van der Waals surface area (Å²) in [5.41, 5.74) is 0.141. The minimum Gasteiger partial charge on any atom is -0.326 e. The number of amides is 1. The Labute approximate surface area is 121 Å². The van der Waals surface area contributed by atoms with Crippen LogP contribution >= 0.6 is 0 Å². The third kappa shape index (κ3) is 4.24. The van der Waals surface area contributed by atoms with E-state index in [1.54, 1.807) is 6.07 Å². The summed E-state index contributed by atoms with van der Waals surface area (Å²) in [6, 6.07) is 4.93. The predicted molar refractivity (Wildman–Crippen MR) is 74.8 cm³/mol. The Balaban J connectivity index is 1.97. The Morgan fingerprint density at radius 2 is 2.29 bits per heavy atom. The van der Waals surface area contributed by atoms with Crippen molar-refractivity contribution in [2.45, 2.75) is 12.5 Å². The molecule has 0 aliphatic carbocycles. The van der Waals surface area contributed by atoms with E-state index in [0.29, 0.717) is 12.2 Å². The fourth-order valence-electron chi connectivity index (χ4n) is 2.12.